The summed E-state index contributed by atoms with van der Waals surface area (Å²) < 4.78 is 56.3. The smallest absolute Gasteiger partial charge is 0.274 e. The van der Waals surface area contributed by atoms with Crippen molar-refractivity contribution in [2.75, 3.05) is 32.6 Å². The molecule has 2 aliphatic heterocycles. The molecule has 0 atom stereocenters. The van der Waals surface area contributed by atoms with Gasteiger partial charge in [0.25, 0.3) is 16.0 Å². The Balaban J connectivity index is 1.61. The summed E-state index contributed by atoms with van der Waals surface area (Å²) in [5.41, 5.74) is 3.19. The molecule has 186 valence electrons. The Labute approximate surface area is 204 Å². The first-order chi connectivity index (χ1) is 16.6. The number of ether oxygens (including phenoxy) is 1. The molecule has 2 N–H and O–H groups in total. The Hall–Kier alpha value is -2.74. The third-order valence-corrected chi connectivity index (χ3v) is 8.24. The van der Waals surface area contributed by atoms with Crippen LogP contribution in [0.15, 0.2) is 53.4 Å². The Kier molecular flexibility index (Phi) is 6.20. The largest absolute Gasteiger partial charge is 0.378 e. The summed E-state index contributed by atoms with van der Waals surface area (Å²) in [5, 5.41) is 4.67. The normalized spacial score (nSPS) is 18.0. The molecule has 0 bridgehead atoms. The maximum absolute atomic E-state index is 13.4. The summed E-state index contributed by atoms with van der Waals surface area (Å²) in [6, 6.07) is 14.0. The van der Waals surface area contributed by atoms with Crippen LogP contribution in [0, 0.1) is 0 Å². The van der Waals surface area contributed by atoms with Gasteiger partial charge in [0.1, 0.15) is 0 Å². The average Bonchev–Trinajstić information content (AvgIpc) is 3.21. The second-order valence-electron chi connectivity index (χ2n) is 8.43. The fraction of sp³-hybridized carbons (Fsp3) is 0.304. The molecule has 3 aromatic rings. The molecule has 0 radical (unpaired) electrons. The van der Waals surface area contributed by atoms with E-state index in [0.29, 0.717) is 59.3 Å². The van der Waals surface area contributed by atoms with Crippen LogP contribution >= 0.6 is 10.6 Å². The first-order valence-electron chi connectivity index (χ1n) is 10.9. The number of amides is 1. The minimum Gasteiger partial charge on any atom is -0.378 e. The number of carbonyl (C=O) groups is 1. The summed E-state index contributed by atoms with van der Waals surface area (Å²) in [4.78, 5) is 15.5. The van der Waals surface area contributed by atoms with Crippen LogP contribution < -0.4 is 0 Å². The second kappa shape index (κ2) is 9.04. The molecule has 10 nitrogen and oxygen atoms in total. The number of nitrogens with zero attached hydrogens (tertiary/aromatic N) is 3. The summed E-state index contributed by atoms with van der Waals surface area (Å²) in [5.74, 6) is -0.388. The number of rotatable bonds is 5. The summed E-state index contributed by atoms with van der Waals surface area (Å²) >= 11 is 0. The first-order valence-corrected chi connectivity index (χ1v) is 14.5. The monoisotopic (exact) mass is 519 g/mol. The lowest BCUT2D eigenvalue weighted by Gasteiger charge is -2.38. The fourth-order valence-corrected chi connectivity index (χ4v) is 6.27. The van der Waals surface area contributed by atoms with E-state index >= 15 is 0 Å². The Morgan fingerprint density at radius 1 is 1.11 bits per heavy atom. The number of morpholine rings is 1. The lowest BCUT2D eigenvalue weighted by Crippen LogP contribution is -2.41. The van der Waals surface area contributed by atoms with Gasteiger partial charge in [-0.05, 0) is 23.8 Å². The van der Waals surface area contributed by atoms with Gasteiger partial charge < -0.3 is 9.64 Å². The zero-order chi connectivity index (χ0) is 24.8. The van der Waals surface area contributed by atoms with E-state index in [1.807, 2.05) is 0 Å². The number of carbonyl (C=O) groups excluding carboxylic acids is 1. The molecule has 1 aromatic heterocycles. The van der Waals surface area contributed by atoms with Crippen LogP contribution in [-0.4, -0.2) is 70.7 Å². The molecule has 1 fully saturated rings. The van der Waals surface area contributed by atoms with Crippen molar-refractivity contribution >= 4 is 26.6 Å². The van der Waals surface area contributed by atoms with Crippen molar-refractivity contribution < 1.29 is 31.2 Å². The third kappa shape index (κ3) is 4.73. The first kappa shape index (κ1) is 24.0. The fourth-order valence-electron chi connectivity index (χ4n) is 4.27. The number of benzene rings is 2. The maximum atomic E-state index is 13.4. The highest BCUT2D eigenvalue weighted by Gasteiger charge is 2.37. The zero-order valence-electron chi connectivity index (χ0n) is 19.0. The van der Waals surface area contributed by atoms with E-state index < -0.39 is 20.7 Å². The van der Waals surface area contributed by atoms with Crippen molar-refractivity contribution in [1.29, 1.82) is 0 Å². The van der Waals surface area contributed by atoms with Crippen molar-refractivity contribution in [1.82, 2.24) is 14.7 Å². The Morgan fingerprint density at radius 3 is 2.49 bits per heavy atom. The predicted octanol–water partition coefficient (Wildman–Crippen LogP) is 3.11. The van der Waals surface area contributed by atoms with Crippen molar-refractivity contribution in [2.45, 2.75) is 17.3 Å². The maximum Gasteiger partial charge on any atom is 0.274 e. The minimum absolute atomic E-state index is 0.0964. The second-order valence-corrected chi connectivity index (χ2v) is 12.1. The molecule has 35 heavy (non-hydrogen) atoms. The van der Waals surface area contributed by atoms with E-state index in [0.717, 1.165) is 6.26 Å². The summed E-state index contributed by atoms with van der Waals surface area (Å²) in [6.07, 6.45) is 0.992. The van der Waals surface area contributed by atoms with E-state index in [2.05, 4.69) is 5.10 Å². The van der Waals surface area contributed by atoms with Gasteiger partial charge >= 0.3 is 0 Å². The highest BCUT2D eigenvalue weighted by atomic mass is 32.3. The average molecular weight is 520 g/mol. The molecular weight excluding hydrogens is 494 g/mol. The van der Waals surface area contributed by atoms with Gasteiger partial charge in [0.15, 0.2) is 5.69 Å². The zero-order valence-corrected chi connectivity index (χ0v) is 20.6. The molecule has 0 aliphatic carbocycles. The predicted molar refractivity (Wildman–Crippen MR) is 130 cm³/mol. The van der Waals surface area contributed by atoms with Gasteiger partial charge in [-0.2, -0.15) is 24.1 Å². The molecule has 2 aromatic carbocycles. The number of aromatic nitrogens is 2. The highest BCUT2D eigenvalue weighted by Crippen LogP contribution is 2.59. The van der Waals surface area contributed by atoms with E-state index in [9.17, 15) is 22.3 Å². The number of hydrogen-bond donors (Lipinski definition) is 2. The van der Waals surface area contributed by atoms with Gasteiger partial charge in [0.05, 0.1) is 48.1 Å². The molecule has 2 aliphatic rings. The lowest BCUT2D eigenvalue weighted by atomic mass is 10.0. The van der Waals surface area contributed by atoms with Crippen LogP contribution in [0.5, 0.6) is 0 Å². The van der Waals surface area contributed by atoms with Crippen LogP contribution in [0.25, 0.3) is 16.9 Å². The van der Waals surface area contributed by atoms with Crippen molar-refractivity contribution in [3.63, 3.8) is 0 Å². The van der Waals surface area contributed by atoms with E-state index in [1.54, 1.807) is 58.1 Å². The molecule has 3 heterocycles. The van der Waals surface area contributed by atoms with E-state index in [4.69, 9.17) is 8.92 Å². The topological polar surface area (TPSA) is 131 Å². The van der Waals surface area contributed by atoms with Crippen molar-refractivity contribution in [2.24, 2.45) is 0 Å². The van der Waals surface area contributed by atoms with Crippen LogP contribution in [0.2, 0.25) is 0 Å². The van der Waals surface area contributed by atoms with Gasteiger partial charge in [-0.3, -0.25) is 18.1 Å². The summed E-state index contributed by atoms with van der Waals surface area (Å²) in [7, 11) is -6.73. The van der Waals surface area contributed by atoms with Crippen LogP contribution in [0.3, 0.4) is 0 Å². The van der Waals surface area contributed by atoms with Gasteiger partial charge in [-0.1, -0.05) is 30.3 Å². The molecule has 5 rings (SSSR count). The van der Waals surface area contributed by atoms with Gasteiger partial charge in [0.2, 0.25) is 0 Å². The summed E-state index contributed by atoms with van der Waals surface area (Å²) in [6.45, 7) is 1.64. The van der Waals surface area contributed by atoms with E-state index in [1.165, 1.54) is 0 Å². The number of fused-ring (bicyclic) bond motifs is 3. The SMILES string of the molecule is CS(=O)(=O)OCc1ccc(-n2nc(C(=O)N3CCOCC3)c3c2-c2ccccc2S(O)(O)C3)cc1. The third-order valence-electron chi connectivity index (χ3n) is 5.94. The molecular formula is C23H25N3O7S2. The van der Waals surface area contributed by atoms with Crippen LogP contribution in [0.4, 0.5) is 0 Å². The van der Waals surface area contributed by atoms with Crippen LogP contribution in [0.1, 0.15) is 21.6 Å². The van der Waals surface area contributed by atoms with Crippen LogP contribution in [-0.2, 0) is 31.4 Å². The quantitative estimate of drug-likeness (QED) is 0.492. The van der Waals surface area contributed by atoms with Gasteiger partial charge in [-0.15, -0.1) is 0 Å². The molecule has 0 spiro atoms. The molecule has 12 heteroatoms. The Morgan fingerprint density at radius 2 is 1.80 bits per heavy atom. The van der Waals surface area contributed by atoms with Crippen molar-refractivity contribution in [3.05, 3.63) is 65.4 Å². The molecule has 0 unspecified atom stereocenters. The van der Waals surface area contributed by atoms with Gasteiger partial charge in [0, 0.05) is 24.2 Å². The number of hydrogen-bond acceptors (Lipinski definition) is 8. The molecule has 0 saturated carbocycles. The standard InChI is InChI=1S/C23H25N3O7S2/c1-34(28,29)33-14-16-6-8-17(9-7-16)26-22-18-4-2-3-5-20(18)35(30,31)15-19(22)21(24-26)23(27)25-10-12-32-13-11-25/h2-9,30-31H,10-15H2,1H3. The van der Waals surface area contributed by atoms with E-state index in [-0.39, 0.29) is 24.0 Å². The van der Waals surface area contributed by atoms with Gasteiger partial charge in [-0.25, -0.2) is 4.68 Å². The minimum atomic E-state index is -3.57. The Bertz CT molecular complexity index is 1380. The van der Waals surface area contributed by atoms with Crippen molar-refractivity contribution in [3.8, 4) is 16.9 Å². The molecule has 1 amide bonds. The lowest BCUT2D eigenvalue weighted by molar-refractivity contribution is 0.0298. The molecule has 1 saturated heterocycles. The highest BCUT2D eigenvalue weighted by molar-refractivity contribution is 8.23.